The molecule has 2 heterocycles. The van der Waals surface area contributed by atoms with E-state index >= 15 is 0 Å². The van der Waals surface area contributed by atoms with Crippen LogP contribution in [0.4, 0.5) is 0 Å². The molecule has 2 saturated carbocycles. The molecule has 0 aromatic carbocycles. The smallest absolute Gasteiger partial charge is 0.271 e. The Morgan fingerprint density at radius 1 is 1.30 bits per heavy atom. The quantitative estimate of drug-likeness (QED) is 0.618. The van der Waals surface area contributed by atoms with Crippen molar-refractivity contribution in [2.75, 3.05) is 0 Å². The maximum absolute atomic E-state index is 12.8. The first-order valence-electron chi connectivity index (χ1n) is 11.8. The lowest BCUT2D eigenvalue weighted by molar-refractivity contribution is -0.142. The fraction of sp³-hybridized carbons (Fsp3) is 0.600. The van der Waals surface area contributed by atoms with Crippen molar-refractivity contribution in [3.8, 4) is 0 Å². The van der Waals surface area contributed by atoms with E-state index in [0.717, 1.165) is 25.7 Å². The van der Waals surface area contributed by atoms with Crippen LogP contribution >= 0.6 is 0 Å². The summed E-state index contributed by atoms with van der Waals surface area (Å²) < 4.78 is 5.30. The van der Waals surface area contributed by atoms with E-state index in [2.05, 4.69) is 34.4 Å². The minimum atomic E-state index is -0.612. The van der Waals surface area contributed by atoms with E-state index in [1.807, 2.05) is 13.0 Å². The summed E-state index contributed by atoms with van der Waals surface area (Å²) >= 11 is 0. The van der Waals surface area contributed by atoms with Crippen LogP contribution in [-0.2, 0) is 11.3 Å². The Kier molecular flexibility index (Phi) is 6.83. The van der Waals surface area contributed by atoms with Crippen LogP contribution < -0.4 is 10.6 Å². The molecule has 33 heavy (non-hydrogen) atoms. The molecule has 2 aliphatic carbocycles. The van der Waals surface area contributed by atoms with Gasteiger partial charge in [0.05, 0.1) is 25.1 Å². The summed E-state index contributed by atoms with van der Waals surface area (Å²) in [4.78, 5) is 33.6. The number of amides is 2. The highest BCUT2D eigenvalue weighted by Crippen LogP contribution is 2.55. The average Bonchev–Trinajstić information content (AvgIpc) is 3.33. The highest BCUT2D eigenvalue weighted by molar-refractivity contribution is 5.92. The Morgan fingerprint density at radius 2 is 2.09 bits per heavy atom. The van der Waals surface area contributed by atoms with Crippen molar-refractivity contribution in [2.24, 2.45) is 29.1 Å². The molecular weight excluding hydrogens is 420 g/mol. The third-order valence-electron chi connectivity index (χ3n) is 8.07. The predicted octanol–water partition coefficient (Wildman–Crippen LogP) is 2.94. The first kappa shape index (κ1) is 23.4. The number of hydrogen-bond donors (Lipinski definition) is 3. The molecule has 8 heteroatoms. The first-order chi connectivity index (χ1) is 15.8. The van der Waals surface area contributed by atoms with E-state index in [-0.39, 0.29) is 46.9 Å². The van der Waals surface area contributed by atoms with E-state index in [1.165, 1.54) is 18.6 Å². The fourth-order valence-corrected chi connectivity index (χ4v) is 6.10. The minimum absolute atomic E-state index is 0.00233. The number of carbonyl (C=O) groups excluding carboxylic acids is 2. The van der Waals surface area contributed by atoms with Crippen LogP contribution in [0, 0.1) is 29.1 Å². The lowest BCUT2D eigenvalue weighted by Crippen LogP contribution is -2.58. The maximum Gasteiger partial charge on any atom is 0.271 e. The topological polar surface area (TPSA) is 117 Å². The second kappa shape index (κ2) is 9.63. The van der Waals surface area contributed by atoms with E-state index in [1.54, 1.807) is 12.3 Å². The summed E-state index contributed by atoms with van der Waals surface area (Å²) in [5.74, 6) is 0.0110. The molecule has 0 bridgehead atoms. The van der Waals surface area contributed by atoms with E-state index in [9.17, 15) is 14.7 Å². The number of rotatable bonds is 6. The lowest BCUT2D eigenvalue weighted by Gasteiger charge is -2.56. The Bertz CT molecular complexity index is 951. The molecule has 0 saturated heterocycles. The van der Waals surface area contributed by atoms with Gasteiger partial charge < -0.3 is 20.2 Å². The van der Waals surface area contributed by atoms with Crippen molar-refractivity contribution in [1.82, 2.24) is 20.6 Å². The number of aliphatic hydroxyl groups excluding tert-OH is 1. The number of aromatic nitrogens is 2. The number of carbonyl (C=O) groups is 2. The second-order valence-electron chi connectivity index (χ2n) is 10.0. The third kappa shape index (κ3) is 4.81. The average molecular weight is 455 g/mol. The number of fused-ring (bicyclic) bond motifs is 1. The van der Waals surface area contributed by atoms with Gasteiger partial charge in [-0.3, -0.25) is 14.6 Å². The van der Waals surface area contributed by atoms with Crippen LogP contribution in [0.15, 0.2) is 41.4 Å². The number of nitrogens with zero attached hydrogens (tertiary/aromatic N) is 2. The SMILES string of the molecule is C[C@H]1[C@@H]2[C@@H](O)C([C@H](C)C(=O)NCc3ccco3)CC[C@@]2(C)CC[C@@H]1NC(=O)c1cnccn1. The van der Waals surface area contributed by atoms with Crippen LogP contribution in [0.1, 0.15) is 62.7 Å². The van der Waals surface area contributed by atoms with Gasteiger partial charge in [0, 0.05) is 24.4 Å². The third-order valence-corrected chi connectivity index (χ3v) is 8.07. The van der Waals surface area contributed by atoms with Crippen molar-refractivity contribution >= 4 is 11.8 Å². The monoisotopic (exact) mass is 454 g/mol. The highest BCUT2D eigenvalue weighted by Gasteiger charge is 2.53. The van der Waals surface area contributed by atoms with Gasteiger partial charge in [0.2, 0.25) is 5.91 Å². The van der Waals surface area contributed by atoms with Gasteiger partial charge in [-0.15, -0.1) is 0 Å². The zero-order valence-corrected chi connectivity index (χ0v) is 19.5. The van der Waals surface area contributed by atoms with Crippen LogP contribution in [0.5, 0.6) is 0 Å². The van der Waals surface area contributed by atoms with Gasteiger partial charge >= 0.3 is 0 Å². The summed E-state index contributed by atoms with van der Waals surface area (Å²) in [6.45, 7) is 6.59. The summed E-state index contributed by atoms with van der Waals surface area (Å²) in [6, 6.07) is 3.56. The molecule has 0 aliphatic heterocycles. The number of furan rings is 1. The Labute approximate surface area is 194 Å². The Morgan fingerprint density at radius 3 is 2.79 bits per heavy atom. The largest absolute Gasteiger partial charge is 0.467 e. The Balaban J connectivity index is 1.43. The standard InChI is InChI=1S/C25H34N4O4/c1-15(23(31)28-13-17-5-4-12-33-17)18-6-8-25(3)9-7-19(16(2)21(25)22(18)30)29-24(32)20-14-26-10-11-27-20/h4-5,10-12,14-16,18-19,21-22,30H,6-9,13H2,1-3H3,(H,28,31)(H,29,32)/t15-,16+,18?,19-,21+,22-,25-/m0/s1. The normalized spacial score (nSPS) is 32.4. The zero-order valence-electron chi connectivity index (χ0n) is 19.5. The zero-order chi connectivity index (χ0) is 23.6. The maximum atomic E-state index is 12.8. The van der Waals surface area contributed by atoms with Crippen molar-refractivity contribution in [2.45, 2.75) is 65.1 Å². The van der Waals surface area contributed by atoms with Crippen molar-refractivity contribution in [3.63, 3.8) is 0 Å². The molecule has 0 radical (unpaired) electrons. The summed E-state index contributed by atoms with van der Waals surface area (Å²) in [6.07, 6.45) is 9.03. The van der Waals surface area contributed by atoms with Crippen molar-refractivity contribution in [3.05, 3.63) is 48.4 Å². The molecule has 2 aromatic heterocycles. The van der Waals surface area contributed by atoms with Crippen LogP contribution in [0.2, 0.25) is 0 Å². The minimum Gasteiger partial charge on any atom is -0.467 e. The molecule has 3 N–H and O–H groups in total. The van der Waals surface area contributed by atoms with E-state index in [0.29, 0.717) is 18.0 Å². The molecule has 7 atom stereocenters. The van der Waals surface area contributed by atoms with Gasteiger partial charge in [-0.25, -0.2) is 4.98 Å². The Hall–Kier alpha value is -2.74. The first-order valence-corrected chi connectivity index (χ1v) is 11.8. The predicted molar refractivity (Wildman–Crippen MR) is 122 cm³/mol. The van der Waals surface area contributed by atoms with Crippen LogP contribution in [0.25, 0.3) is 0 Å². The number of nitrogens with one attached hydrogen (secondary N) is 2. The fourth-order valence-electron chi connectivity index (χ4n) is 6.10. The molecule has 4 rings (SSSR count). The molecule has 178 valence electrons. The lowest BCUT2D eigenvalue weighted by atomic mass is 9.51. The van der Waals surface area contributed by atoms with E-state index in [4.69, 9.17) is 4.42 Å². The van der Waals surface area contributed by atoms with Crippen molar-refractivity contribution < 1.29 is 19.1 Å². The summed E-state index contributed by atoms with van der Waals surface area (Å²) in [5, 5.41) is 17.6. The molecule has 2 fully saturated rings. The molecule has 2 aromatic rings. The highest BCUT2D eigenvalue weighted by atomic mass is 16.3. The van der Waals surface area contributed by atoms with Gasteiger partial charge in [0.1, 0.15) is 11.5 Å². The van der Waals surface area contributed by atoms with Gasteiger partial charge in [-0.1, -0.05) is 20.8 Å². The summed E-state index contributed by atoms with van der Waals surface area (Å²) in [5.41, 5.74) is 0.287. The van der Waals surface area contributed by atoms with Crippen LogP contribution in [0.3, 0.4) is 0 Å². The molecule has 0 spiro atoms. The van der Waals surface area contributed by atoms with Gasteiger partial charge in [-0.05, 0) is 61.0 Å². The summed E-state index contributed by atoms with van der Waals surface area (Å²) in [7, 11) is 0. The number of hydrogen-bond acceptors (Lipinski definition) is 6. The molecule has 2 aliphatic rings. The molecule has 1 unspecified atom stereocenters. The second-order valence-corrected chi connectivity index (χ2v) is 10.0. The van der Waals surface area contributed by atoms with Gasteiger partial charge in [0.25, 0.3) is 5.91 Å². The molecular formula is C25H34N4O4. The van der Waals surface area contributed by atoms with Gasteiger partial charge in [-0.2, -0.15) is 0 Å². The molecule has 8 nitrogen and oxygen atoms in total. The number of aliphatic hydroxyl groups is 1. The van der Waals surface area contributed by atoms with Gasteiger partial charge in [0.15, 0.2) is 0 Å². The molecule has 2 amide bonds. The van der Waals surface area contributed by atoms with Crippen LogP contribution in [-0.4, -0.2) is 39.0 Å². The van der Waals surface area contributed by atoms with Crippen molar-refractivity contribution in [1.29, 1.82) is 0 Å². The van der Waals surface area contributed by atoms with E-state index < -0.39 is 6.10 Å².